The van der Waals surface area contributed by atoms with Gasteiger partial charge in [0.25, 0.3) is 5.91 Å². The van der Waals surface area contributed by atoms with Crippen LogP contribution in [-0.4, -0.2) is 28.8 Å². The van der Waals surface area contributed by atoms with E-state index >= 15 is 0 Å². The monoisotopic (exact) mass is 257 g/mol. The fourth-order valence-corrected chi connectivity index (χ4v) is 1.90. The van der Waals surface area contributed by atoms with Gasteiger partial charge in [-0.1, -0.05) is 25.4 Å². The normalized spacial score (nSPS) is 14.4. The summed E-state index contributed by atoms with van der Waals surface area (Å²) < 4.78 is 7.05. The van der Waals surface area contributed by atoms with E-state index in [1.54, 1.807) is 4.68 Å². The van der Waals surface area contributed by atoms with Crippen LogP contribution >= 0.6 is 11.6 Å². The molecule has 0 radical (unpaired) electrons. The Hall–Kier alpha value is -1.23. The highest BCUT2D eigenvalue weighted by Gasteiger charge is 2.24. The van der Waals surface area contributed by atoms with Gasteiger partial charge in [0.1, 0.15) is 5.02 Å². The molecule has 0 atom stereocenters. The van der Waals surface area contributed by atoms with E-state index in [1.165, 1.54) is 0 Å². The minimum atomic E-state index is -0.241. The van der Waals surface area contributed by atoms with Crippen LogP contribution in [0.4, 0.5) is 0 Å². The molecule has 1 aliphatic rings. The smallest absolute Gasteiger partial charge is 0.273 e. The third-order valence-electron chi connectivity index (χ3n) is 2.49. The summed E-state index contributed by atoms with van der Waals surface area (Å²) in [6.45, 7) is 6.04. The summed E-state index contributed by atoms with van der Waals surface area (Å²) in [6, 6.07) is 0. The maximum atomic E-state index is 11.9. The fourth-order valence-electron chi connectivity index (χ4n) is 1.62. The van der Waals surface area contributed by atoms with Gasteiger partial charge in [0.05, 0.1) is 6.61 Å². The van der Waals surface area contributed by atoms with E-state index < -0.39 is 0 Å². The number of ether oxygens (including phenoxy) is 1. The molecule has 0 spiro atoms. The Morgan fingerprint density at radius 2 is 2.41 bits per heavy atom. The lowest BCUT2D eigenvalue weighted by Gasteiger charge is -2.14. The number of amides is 1. The van der Waals surface area contributed by atoms with Crippen LogP contribution in [0.25, 0.3) is 0 Å². The second kappa shape index (κ2) is 4.96. The summed E-state index contributed by atoms with van der Waals surface area (Å²) in [4.78, 5) is 11.9. The number of nitrogens with one attached hydrogen (secondary N) is 1. The van der Waals surface area contributed by atoms with E-state index in [4.69, 9.17) is 16.3 Å². The van der Waals surface area contributed by atoms with E-state index in [9.17, 15) is 4.79 Å². The summed E-state index contributed by atoms with van der Waals surface area (Å²) in [5.41, 5.74) is 0.254. The van der Waals surface area contributed by atoms with Crippen molar-refractivity contribution in [1.82, 2.24) is 15.1 Å². The number of hydrogen-bond acceptors (Lipinski definition) is 3. The molecule has 5 nitrogen and oxygen atoms in total. The largest absolute Gasteiger partial charge is 0.477 e. The standard InChI is InChI=1S/C11H16ClN3O2/c1-7(2)6-13-10(16)9-8(12)11-15(14-9)4-3-5-17-11/h7H,3-6H2,1-2H3,(H,13,16). The lowest BCUT2D eigenvalue weighted by Crippen LogP contribution is -2.28. The van der Waals surface area contributed by atoms with Crippen LogP contribution in [0.15, 0.2) is 0 Å². The van der Waals surface area contributed by atoms with E-state index in [0.29, 0.717) is 30.0 Å². The number of halogens is 1. The van der Waals surface area contributed by atoms with Gasteiger partial charge in [0, 0.05) is 19.5 Å². The number of aromatic nitrogens is 2. The molecule has 1 N–H and O–H groups in total. The summed E-state index contributed by atoms with van der Waals surface area (Å²) in [5, 5.41) is 7.28. The zero-order valence-electron chi connectivity index (χ0n) is 9.99. The van der Waals surface area contributed by atoms with Crippen molar-refractivity contribution in [2.45, 2.75) is 26.8 Å². The van der Waals surface area contributed by atoms with Crippen molar-refractivity contribution in [2.24, 2.45) is 5.92 Å². The Morgan fingerprint density at radius 1 is 1.65 bits per heavy atom. The molecular weight excluding hydrogens is 242 g/mol. The third-order valence-corrected chi connectivity index (χ3v) is 2.83. The lowest BCUT2D eigenvalue weighted by atomic mass is 10.2. The van der Waals surface area contributed by atoms with Crippen LogP contribution in [-0.2, 0) is 6.54 Å². The molecule has 0 saturated carbocycles. The molecule has 2 heterocycles. The first-order chi connectivity index (χ1) is 8.09. The van der Waals surface area contributed by atoms with Crippen LogP contribution in [0, 0.1) is 5.92 Å². The molecule has 0 unspecified atom stereocenters. The Balaban J connectivity index is 2.15. The van der Waals surface area contributed by atoms with E-state index in [2.05, 4.69) is 10.4 Å². The minimum Gasteiger partial charge on any atom is -0.477 e. The van der Waals surface area contributed by atoms with E-state index in [1.807, 2.05) is 13.8 Å². The van der Waals surface area contributed by atoms with E-state index in [-0.39, 0.29) is 11.6 Å². The summed E-state index contributed by atoms with van der Waals surface area (Å²) >= 11 is 6.08. The maximum absolute atomic E-state index is 11.9. The van der Waals surface area contributed by atoms with Crippen molar-refractivity contribution in [3.05, 3.63) is 10.7 Å². The van der Waals surface area contributed by atoms with Gasteiger partial charge in [0.2, 0.25) is 5.88 Å². The average Bonchev–Trinajstić information content (AvgIpc) is 2.64. The molecule has 0 fully saturated rings. The van der Waals surface area contributed by atoms with Gasteiger partial charge in [-0.15, -0.1) is 0 Å². The molecule has 0 saturated heterocycles. The van der Waals surface area contributed by atoms with Crippen molar-refractivity contribution < 1.29 is 9.53 Å². The van der Waals surface area contributed by atoms with Crippen molar-refractivity contribution in [2.75, 3.05) is 13.2 Å². The molecule has 6 heteroatoms. The summed E-state index contributed by atoms with van der Waals surface area (Å²) in [5.74, 6) is 0.660. The molecule has 1 aromatic rings. The number of hydrogen-bond donors (Lipinski definition) is 1. The average molecular weight is 258 g/mol. The highest BCUT2D eigenvalue weighted by molar-refractivity contribution is 6.34. The summed E-state index contributed by atoms with van der Waals surface area (Å²) in [6.07, 6.45) is 0.887. The van der Waals surface area contributed by atoms with Crippen molar-refractivity contribution in [3.8, 4) is 5.88 Å². The number of carbonyl (C=O) groups is 1. The van der Waals surface area contributed by atoms with Gasteiger partial charge in [-0.25, -0.2) is 4.68 Å². The number of nitrogens with zero attached hydrogens (tertiary/aromatic N) is 2. The molecule has 17 heavy (non-hydrogen) atoms. The Kier molecular flexibility index (Phi) is 3.57. The van der Waals surface area contributed by atoms with Crippen molar-refractivity contribution in [3.63, 3.8) is 0 Å². The molecule has 94 valence electrons. The van der Waals surface area contributed by atoms with Crippen LogP contribution in [0.1, 0.15) is 30.8 Å². The van der Waals surface area contributed by atoms with Crippen LogP contribution in [0.2, 0.25) is 5.02 Å². The molecule has 2 rings (SSSR count). The first kappa shape index (κ1) is 12.2. The summed E-state index contributed by atoms with van der Waals surface area (Å²) in [7, 11) is 0. The van der Waals surface area contributed by atoms with Gasteiger partial charge >= 0.3 is 0 Å². The van der Waals surface area contributed by atoms with Crippen LogP contribution in [0.3, 0.4) is 0 Å². The number of aryl methyl sites for hydroxylation is 1. The molecule has 0 aromatic carbocycles. The van der Waals surface area contributed by atoms with Crippen LogP contribution < -0.4 is 10.1 Å². The number of rotatable bonds is 3. The third kappa shape index (κ3) is 2.54. The van der Waals surface area contributed by atoms with E-state index in [0.717, 1.165) is 13.0 Å². The quantitative estimate of drug-likeness (QED) is 0.897. The molecule has 0 bridgehead atoms. The predicted molar refractivity (Wildman–Crippen MR) is 64.5 cm³/mol. The number of carbonyl (C=O) groups excluding carboxylic acids is 1. The van der Waals surface area contributed by atoms with Gasteiger partial charge in [-0.3, -0.25) is 4.79 Å². The highest BCUT2D eigenvalue weighted by atomic mass is 35.5. The molecule has 1 aromatic heterocycles. The zero-order chi connectivity index (χ0) is 12.4. The predicted octanol–water partition coefficient (Wildman–Crippen LogP) is 1.70. The Morgan fingerprint density at radius 3 is 3.06 bits per heavy atom. The maximum Gasteiger partial charge on any atom is 0.273 e. The first-order valence-electron chi connectivity index (χ1n) is 5.77. The van der Waals surface area contributed by atoms with Crippen LogP contribution in [0.5, 0.6) is 5.88 Å². The van der Waals surface area contributed by atoms with Crippen molar-refractivity contribution in [1.29, 1.82) is 0 Å². The number of fused-ring (bicyclic) bond motifs is 1. The van der Waals surface area contributed by atoms with Gasteiger partial charge in [-0.05, 0) is 5.92 Å². The topological polar surface area (TPSA) is 56.2 Å². The zero-order valence-corrected chi connectivity index (χ0v) is 10.8. The van der Waals surface area contributed by atoms with Gasteiger partial charge in [-0.2, -0.15) is 5.10 Å². The fraction of sp³-hybridized carbons (Fsp3) is 0.636. The van der Waals surface area contributed by atoms with Gasteiger partial charge < -0.3 is 10.1 Å². The second-order valence-corrected chi connectivity index (χ2v) is 4.87. The molecule has 0 aliphatic carbocycles. The first-order valence-corrected chi connectivity index (χ1v) is 6.14. The SMILES string of the molecule is CC(C)CNC(=O)c1nn2c(c1Cl)OCCC2. The highest BCUT2D eigenvalue weighted by Crippen LogP contribution is 2.30. The molecule has 1 amide bonds. The minimum absolute atomic E-state index is 0.241. The van der Waals surface area contributed by atoms with Crippen molar-refractivity contribution >= 4 is 17.5 Å². The Bertz CT molecular complexity index is 429. The molecular formula is C11H16ClN3O2. The second-order valence-electron chi connectivity index (χ2n) is 4.50. The lowest BCUT2D eigenvalue weighted by molar-refractivity contribution is 0.0943. The Labute approximate surface area is 105 Å². The molecule has 1 aliphatic heterocycles. The van der Waals surface area contributed by atoms with Gasteiger partial charge in [0.15, 0.2) is 5.69 Å².